The van der Waals surface area contributed by atoms with E-state index in [0.29, 0.717) is 13.2 Å². The molecule has 84 valence electrons. The van der Waals surface area contributed by atoms with Crippen LogP contribution in [0.2, 0.25) is 0 Å². The fraction of sp³-hybridized carbons (Fsp3) is 0.167. The molecular formula is C12H12BrNO2. The van der Waals surface area contributed by atoms with E-state index in [1.54, 1.807) is 6.26 Å². The number of hydroxylamine groups is 1. The third kappa shape index (κ3) is 3.20. The molecule has 1 aromatic heterocycles. The first-order chi connectivity index (χ1) is 7.86. The number of hydrogen-bond acceptors (Lipinski definition) is 3. The second-order valence-corrected chi connectivity index (χ2v) is 4.14. The Balaban J connectivity index is 1.72. The molecule has 0 atom stereocenters. The van der Waals surface area contributed by atoms with Crippen molar-refractivity contribution >= 4 is 15.9 Å². The maximum atomic E-state index is 5.32. The van der Waals surface area contributed by atoms with Gasteiger partial charge in [-0.2, -0.15) is 5.48 Å². The lowest BCUT2D eigenvalue weighted by Crippen LogP contribution is -2.13. The zero-order valence-corrected chi connectivity index (χ0v) is 10.2. The largest absolute Gasteiger partial charge is 0.467 e. The van der Waals surface area contributed by atoms with E-state index in [4.69, 9.17) is 9.25 Å². The molecule has 0 aliphatic heterocycles. The Morgan fingerprint density at radius 1 is 1.19 bits per heavy atom. The minimum absolute atomic E-state index is 0.541. The Kier molecular flexibility index (Phi) is 4.16. The topological polar surface area (TPSA) is 34.4 Å². The van der Waals surface area contributed by atoms with Crippen LogP contribution in [0.15, 0.2) is 51.6 Å². The molecular weight excluding hydrogens is 270 g/mol. The fourth-order valence-electron chi connectivity index (χ4n) is 1.28. The SMILES string of the molecule is Brc1ccoc1CNOCc1ccccc1. The van der Waals surface area contributed by atoms with Gasteiger partial charge >= 0.3 is 0 Å². The average Bonchev–Trinajstić information content (AvgIpc) is 2.72. The smallest absolute Gasteiger partial charge is 0.134 e. The molecule has 0 radical (unpaired) electrons. The molecule has 0 unspecified atom stereocenters. The van der Waals surface area contributed by atoms with Crippen LogP contribution in [0, 0.1) is 0 Å². The molecule has 4 heteroatoms. The van der Waals surface area contributed by atoms with Gasteiger partial charge in [0.15, 0.2) is 0 Å². The number of halogens is 1. The van der Waals surface area contributed by atoms with Gasteiger partial charge < -0.3 is 4.42 Å². The van der Waals surface area contributed by atoms with Crippen LogP contribution in [0.5, 0.6) is 0 Å². The number of hydrogen-bond donors (Lipinski definition) is 1. The van der Waals surface area contributed by atoms with E-state index in [-0.39, 0.29) is 0 Å². The highest BCUT2D eigenvalue weighted by molar-refractivity contribution is 9.10. The lowest BCUT2D eigenvalue weighted by Gasteiger charge is -2.04. The highest BCUT2D eigenvalue weighted by Gasteiger charge is 2.02. The zero-order valence-electron chi connectivity index (χ0n) is 8.65. The lowest BCUT2D eigenvalue weighted by molar-refractivity contribution is 0.0200. The predicted molar refractivity (Wildman–Crippen MR) is 64.5 cm³/mol. The van der Waals surface area contributed by atoms with Crippen molar-refractivity contribution in [2.75, 3.05) is 0 Å². The quantitative estimate of drug-likeness (QED) is 0.675. The summed E-state index contributed by atoms with van der Waals surface area (Å²) in [6, 6.07) is 11.9. The van der Waals surface area contributed by atoms with Crippen LogP contribution in [0.25, 0.3) is 0 Å². The van der Waals surface area contributed by atoms with Crippen LogP contribution in [0.3, 0.4) is 0 Å². The van der Waals surface area contributed by atoms with E-state index in [0.717, 1.165) is 15.8 Å². The van der Waals surface area contributed by atoms with Gasteiger partial charge in [-0.1, -0.05) is 30.3 Å². The molecule has 16 heavy (non-hydrogen) atoms. The van der Waals surface area contributed by atoms with Crippen molar-refractivity contribution in [2.45, 2.75) is 13.2 Å². The minimum atomic E-state index is 0.541. The third-order valence-corrected chi connectivity index (χ3v) is 2.81. The van der Waals surface area contributed by atoms with Crippen molar-refractivity contribution in [1.29, 1.82) is 0 Å². The first kappa shape index (κ1) is 11.4. The lowest BCUT2D eigenvalue weighted by atomic mass is 10.2. The van der Waals surface area contributed by atoms with Crippen molar-refractivity contribution in [3.63, 3.8) is 0 Å². The van der Waals surface area contributed by atoms with E-state index >= 15 is 0 Å². The molecule has 0 aliphatic rings. The Hall–Kier alpha value is -1.10. The van der Waals surface area contributed by atoms with Gasteiger partial charge in [0.2, 0.25) is 0 Å². The number of furan rings is 1. The highest BCUT2D eigenvalue weighted by atomic mass is 79.9. The van der Waals surface area contributed by atoms with Crippen LogP contribution in [-0.2, 0) is 18.0 Å². The van der Waals surface area contributed by atoms with Crippen LogP contribution >= 0.6 is 15.9 Å². The van der Waals surface area contributed by atoms with Crippen molar-refractivity contribution in [3.8, 4) is 0 Å². The molecule has 2 rings (SSSR count). The third-order valence-electron chi connectivity index (χ3n) is 2.11. The van der Waals surface area contributed by atoms with E-state index in [1.807, 2.05) is 36.4 Å². The van der Waals surface area contributed by atoms with Crippen molar-refractivity contribution in [3.05, 3.63) is 58.5 Å². The summed E-state index contributed by atoms with van der Waals surface area (Å²) in [6.45, 7) is 1.08. The number of benzene rings is 1. The summed E-state index contributed by atoms with van der Waals surface area (Å²) < 4.78 is 6.17. The summed E-state index contributed by atoms with van der Waals surface area (Å²) in [7, 11) is 0. The Morgan fingerprint density at radius 2 is 2.00 bits per heavy atom. The molecule has 1 N–H and O–H groups in total. The molecule has 0 saturated heterocycles. The Labute approximate surface area is 102 Å². The molecule has 0 amide bonds. The first-order valence-electron chi connectivity index (χ1n) is 4.96. The van der Waals surface area contributed by atoms with Gasteiger partial charge in [0.25, 0.3) is 0 Å². The van der Waals surface area contributed by atoms with Gasteiger partial charge in [0.1, 0.15) is 5.76 Å². The number of nitrogens with one attached hydrogen (secondary N) is 1. The molecule has 0 fully saturated rings. The Bertz CT molecular complexity index is 428. The van der Waals surface area contributed by atoms with Gasteiger partial charge in [-0.05, 0) is 27.6 Å². The van der Waals surface area contributed by atoms with Crippen LogP contribution in [0.1, 0.15) is 11.3 Å². The number of rotatable bonds is 5. The van der Waals surface area contributed by atoms with Crippen molar-refractivity contribution in [2.24, 2.45) is 0 Å². The molecule has 1 heterocycles. The molecule has 0 bridgehead atoms. The second-order valence-electron chi connectivity index (χ2n) is 3.29. The van der Waals surface area contributed by atoms with Gasteiger partial charge in [0, 0.05) is 0 Å². The predicted octanol–water partition coefficient (Wildman–Crippen LogP) is 3.26. The van der Waals surface area contributed by atoms with E-state index in [9.17, 15) is 0 Å². The maximum absolute atomic E-state index is 5.32. The average molecular weight is 282 g/mol. The standard InChI is InChI=1S/C12H12BrNO2/c13-11-6-7-15-12(11)8-14-16-9-10-4-2-1-3-5-10/h1-7,14H,8-9H2. The monoisotopic (exact) mass is 281 g/mol. The molecule has 2 aromatic rings. The van der Waals surface area contributed by atoms with Crippen LogP contribution in [-0.4, -0.2) is 0 Å². The zero-order chi connectivity index (χ0) is 11.2. The summed E-state index contributed by atoms with van der Waals surface area (Å²) in [6.07, 6.45) is 1.64. The summed E-state index contributed by atoms with van der Waals surface area (Å²) in [5, 5.41) is 0. The molecule has 1 aromatic carbocycles. The first-order valence-corrected chi connectivity index (χ1v) is 5.76. The van der Waals surface area contributed by atoms with E-state index in [2.05, 4.69) is 21.4 Å². The maximum Gasteiger partial charge on any atom is 0.134 e. The van der Waals surface area contributed by atoms with Gasteiger partial charge in [-0.25, -0.2) is 0 Å². The van der Waals surface area contributed by atoms with Crippen molar-refractivity contribution in [1.82, 2.24) is 5.48 Å². The van der Waals surface area contributed by atoms with Gasteiger partial charge in [0.05, 0.1) is 23.9 Å². The molecule has 0 saturated carbocycles. The summed E-state index contributed by atoms with van der Waals surface area (Å²) >= 11 is 3.37. The van der Waals surface area contributed by atoms with Gasteiger partial charge in [-0.3, -0.25) is 4.84 Å². The van der Waals surface area contributed by atoms with E-state index in [1.165, 1.54) is 0 Å². The minimum Gasteiger partial charge on any atom is -0.467 e. The van der Waals surface area contributed by atoms with Gasteiger partial charge in [-0.15, -0.1) is 0 Å². The summed E-state index contributed by atoms with van der Waals surface area (Å²) in [5.74, 6) is 0.827. The van der Waals surface area contributed by atoms with E-state index < -0.39 is 0 Å². The summed E-state index contributed by atoms with van der Waals surface area (Å²) in [4.78, 5) is 5.32. The molecule has 0 spiro atoms. The molecule has 0 aliphatic carbocycles. The second kappa shape index (κ2) is 5.84. The Morgan fingerprint density at radius 3 is 2.69 bits per heavy atom. The van der Waals surface area contributed by atoms with Crippen LogP contribution in [0.4, 0.5) is 0 Å². The fourth-order valence-corrected chi connectivity index (χ4v) is 1.62. The highest BCUT2D eigenvalue weighted by Crippen LogP contribution is 2.16. The normalized spacial score (nSPS) is 10.6. The van der Waals surface area contributed by atoms with Crippen LogP contribution < -0.4 is 5.48 Å². The molecule has 3 nitrogen and oxygen atoms in total. The van der Waals surface area contributed by atoms with Crippen molar-refractivity contribution < 1.29 is 9.25 Å². The summed E-state index contributed by atoms with van der Waals surface area (Å²) in [5.41, 5.74) is 3.99.